The van der Waals surface area contributed by atoms with Gasteiger partial charge in [-0.3, -0.25) is 9.52 Å². The standard InChI is InChI=1S/C18H21N3O4S/c1-12-3-4-14(20-17(22)18(19)9-10-18)11-16(12)26(23,24)21-13-5-7-15(25-2)8-6-13/h3-8,11,21H,9-10,19H2,1-2H3,(H,20,22). The normalized spacial score (nSPS) is 15.2. The molecule has 0 bridgehead atoms. The highest BCUT2D eigenvalue weighted by molar-refractivity contribution is 7.92. The monoisotopic (exact) mass is 375 g/mol. The lowest BCUT2D eigenvalue weighted by Gasteiger charge is -2.14. The van der Waals surface area contributed by atoms with Crippen LogP contribution < -0.4 is 20.5 Å². The molecule has 4 N–H and O–H groups in total. The van der Waals surface area contributed by atoms with E-state index in [4.69, 9.17) is 10.5 Å². The third kappa shape index (κ3) is 3.81. The summed E-state index contributed by atoms with van der Waals surface area (Å²) >= 11 is 0. The number of hydrogen-bond acceptors (Lipinski definition) is 5. The Hall–Kier alpha value is -2.58. The van der Waals surface area contributed by atoms with Gasteiger partial charge in [0.2, 0.25) is 5.91 Å². The number of methoxy groups -OCH3 is 1. The lowest BCUT2D eigenvalue weighted by atomic mass is 10.2. The molecule has 0 radical (unpaired) electrons. The van der Waals surface area contributed by atoms with Crippen molar-refractivity contribution in [3.8, 4) is 5.75 Å². The summed E-state index contributed by atoms with van der Waals surface area (Å²) in [5.41, 5.74) is 6.42. The number of nitrogens with two attached hydrogens (primary N) is 1. The Kier molecular flexibility index (Phi) is 4.64. The van der Waals surface area contributed by atoms with E-state index in [0.29, 0.717) is 35.5 Å². The van der Waals surface area contributed by atoms with Gasteiger partial charge >= 0.3 is 0 Å². The first kappa shape index (κ1) is 18.2. The van der Waals surface area contributed by atoms with E-state index in [1.165, 1.54) is 13.2 Å². The second-order valence-electron chi connectivity index (χ2n) is 6.42. The maximum atomic E-state index is 12.7. The first-order valence-corrected chi connectivity index (χ1v) is 9.60. The predicted molar refractivity (Wildman–Crippen MR) is 99.8 cm³/mol. The summed E-state index contributed by atoms with van der Waals surface area (Å²) < 4.78 is 33.1. The minimum atomic E-state index is -3.82. The molecule has 1 aliphatic carbocycles. The summed E-state index contributed by atoms with van der Waals surface area (Å²) in [5, 5.41) is 2.69. The summed E-state index contributed by atoms with van der Waals surface area (Å²) in [7, 11) is -2.28. The van der Waals surface area contributed by atoms with Crippen molar-refractivity contribution in [2.75, 3.05) is 17.1 Å². The molecule has 2 aromatic carbocycles. The van der Waals surface area contributed by atoms with Crippen molar-refractivity contribution in [1.29, 1.82) is 0 Å². The fourth-order valence-corrected chi connectivity index (χ4v) is 3.78. The molecule has 1 fully saturated rings. The average Bonchev–Trinajstić information content (AvgIpc) is 3.36. The largest absolute Gasteiger partial charge is 0.497 e. The van der Waals surface area contributed by atoms with Crippen LogP contribution in [0.2, 0.25) is 0 Å². The van der Waals surface area contributed by atoms with E-state index in [1.54, 1.807) is 43.3 Å². The Morgan fingerprint density at radius 3 is 2.31 bits per heavy atom. The highest BCUT2D eigenvalue weighted by Gasteiger charge is 2.46. The minimum absolute atomic E-state index is 0.0907. The van der Waals surface area contributed by atoms with Crippen molar-refractivity contribution >= 4 is 27.3 Å². The smallest absolute Gasteiger partial charge is 0.262 e. The van der Waals surface area contributed by atoms with Gasteiger partial charge < -0.3 is 15.8 Å². The van der Waals surface area contributed by atoms with Gasteiger partial charge in [-0.15, -0.1) is 0 Å². The molecule has 7 nitrogen and oxygen atoms in total. The Morgan fingerprint density at radius 1 is 1.12 bits per heavy atom. The van der Waals surface area contributed by atoms with E-state index in [1.807, 2.05) is 0 Å². The molecule has 0 aromatic heterocycles. The molecule has 0 aliphatic heterocycles. The highest BCUT2D eigenvalue weighted by atomic mass is 32.2. The van der Waals surface area contributed by atoms with Crippen molar-refractivity contribution in [3.63, 3.8) is 0 Å². The molecule has 138 valence electrons. The lowest BCUT2D eigenvalue weighted by molar-refractivity contribution is -0.118. The summed E-state index contributed by atoms with van der Waals surface area (Å²) in [5.74, 6) is 0.331. The van der Waals surface area contributed by atoms with Gasteiger partial charge in [-0.05, 0) is 61.7 Å². The van der Waals surface area contributed by atoms with Crippen LogP contribution in [0.1, 0.15) is 18.4 Å². The Morgan fingerprint density at radius 2 is 1.73 bits per heavy atom. The third-order valence-corrected chi connectivity index (χ3v) is 5.84. The quantitative estimate of drug-likeness (QED) is 0.717. The van der Waals surface area contributed by atoms with Crippen molar-refractivity contribution in [2.45, 2.75) is 30.2 Å². The number of carbonyl (C=O) groups excluding carboxylic acids is 1. The number of amides is 1. The number of rotatable bonds is 6. The van der Waals surface area contributed by atoms with Crippen molar-refractivity contribution in [2.24, 2.45) is 5.73 Å². The SMILES string of the molecule is COc1ccc(NS(=O)(=O)c2cc(NC(=O)C3(N)CC3)ccc2C)cc1. The fourth-order valence-electron chi connectivity index (χ4n) is 2.45. The number of nitrogens with one attached hydrogen (secondary N) is 2. The number of hydrogen-bond donors (Lipinski definition) is 3. The fraction of sp³-hybridized carbons (Fsp3) is 0.278. The van der Waals surface area contributed by atoms with Crippen LogP contribution in [-0.4, -0.2) is 27.0 Å². The van der Waals surface area contributed by atoms with E-state index in [2.05, 4.69) is 10.0 Å². The molecule has 0 unspecified atom stereocenters. The average molecular weight is 375 g/mol. The zero-order valence-corrected chi connectivity index (χ0v) is 15.4. The van der Waals surface area contributed by atoms with Crippen LogP contribution in [0.5, 0.6) is 5.75 Å². The van der Waals surface area contributed by atoms with Crippen LogP contribution in [0.15, 0.2) is 47.4 Å². The summed E-state index contributed by atoms with van der Waals surface area (Å²) in [6, 6.07) is 11.3. The predicted octanol–water partition coefficient (Wildman–Crippen LogP) is 2.23. The van der Waals surface area contributed by atoms with Gasteiger partial charge in [0.05, 0.1) is 17.5 Å². The van der Waals surface area contributed by atoms with Crippen LogP contribution >= 0.6 is 0 Å². The number of benzene rings is 2. The second-order valence-corrected chi connectivity index (χ2v) is 8.08. The number of carbonyl (C=O) groups is 1. The molecule has 26 heavy (non-hydrogen) atoms. The van der Waals surface area contributed by atoms with E-state index in [9.17, 15) is 13.2 Å². The molecule has 0 atom stereocenters. The minimum Gasteiger partial charge on any atom is -0.497 e. The Labute approximate surface area is 152 Å². The van der Waals surface area contributed by atoms with Gasteiger partial charge in [0, 0.05) is 11.4 Å². The maximum absolute atomic E-state index is 12.7. The number of anilines is 2. The van der Waals surface area contributed by atoms with Gasteiger partial charge in [-0.2, -0.15) is 0 Å². The molecule has 0 spiro atoms. The summed E-state index contributed by atoms with van der Waals surface area (Å²) in [4.78, 5) is 12.2. The van der Waals surface area contributed by atoms with E-state index >= 15 is 0 Å². The molecule has 0 saturated heterocycles. The molecule has 8 heteroatoms. The van der Waals surface area contributed by atoms with E-state index < -0.39 is 15.6 Å². The van der Waals surface area contributed by atoms with Gasteiger partial charge in [0.15, 0.2) is 0 Å². The number of ether oxygens (including phenoxy) is 1. The zero-order valence-electron chi connectivity index (χ0n) is 14.6. The molecular formula is C18H21N3O4S. The van der Waals surface area contributed by atoms with Crippen LogP contribution in [0.3, 0.4) is 0 Å². The number of sulfonamides is 1. The van der Waals surface area contributed by atoms with Gasteiger partial charge in [0.1, 0.15) is 5.75 Å². The molecular weight excluding hydrogens is 354 g/mol. The van der Waals surface area contributed by atoms with Gasteiger partial charge in [-0.25, -0.2) is 8.42 Å². The van der Waals surface area contributed by atoms with Crippen molar-refractivity contribution in [3.05, 3.63) is 48.0 Å². The second kappa shape index (κ2) is 6.62. The Bertz CT molecular complexity index is 935. The number of aryl methyl sites for hydroxylation is 1. The van der Waals surface area contributed by atoms with Crippen LogP contribution in [-0.2, 0) is 14.8 Å². The van der Waals surface area contributed by atoms with Crippen LogP contribution in [0, 0.1) is 6.92 Å². The van der Waals surface area contributed by atoms with Crippen molar-refractivity contribution in [1.82, 2.24) is 0 Å². The Balaban J connectivity index is 1.83. The lowest BCUT2D eigenvalue weighted by Crippen LogP contribution is -2.37. The molecule has 1 aliphatic rings. The maximum Gasteiger partial charge on any atom is 0.262 e. The topological polar surface area (TPSA) is 111 Å². The molecule has 0 heterocycles. The summed E-state index contributed by atoms with van der Waals surface area (Å²) in [6.45, 7) is 1.69. The first-order valence-electron chi connectivity index (χ1n) is 8.11. The van der Waals surface area contributed by atoms with Crippen LogP contribution in [0.25, 0.3) is 0 Å². The summed E-state index contributed by atoms with van der Waals surface area (Å²) in [6.07, 6.45) is 1.27. The zero-order chi connectivity index (χ0) is 18.9. The molecule has 1 saturated carbocycles. The van der Waals surface area contributed by atoms with Crippen LogP contribution in [0.4, 0.5) is 11.4 Å². The third-order valence-electron chi connectivity index (χ3n) is 4.32. The molecule has 3 rings (SSSR count). The van der Waals surface area contributed by atoms with Gasteiger partial charge in [0.25, 0.3) is 10.0 Å². The molecule has 2 aromatic rings. The molecule has 1 amide bonds. The highest BCUT2D eigenvalue weighted by Crippen LogP contribution is 2.33. The van der Waals surface area contributed by atoms with Gasteiger partial charge in [-0.1, -0.05) is 6.07 Å². The van der Waals surface area contributed by atoms with E-state index in [0.717, 1.165) is 0 Å². The van der Waals surface area contributed by atoms with E-state index in [-0.39, 0.29) is 10.8 Å². The first-order chi connectivity index (χ1) is 12.2. The van der Waals surface area contributed by atoms with Crippen molar-refractivity contribution < 1.29 is 17.9 Å².